The fourth-order valence-corrected chi connectivity index (χ4v) is 2.50. The topological polar surface area (TPSA) is 0 Å². The van der Waals surface area contributed by atoms with Crippen molar-refractivity contribution in [2.75, 3.05) is 0 Å². The average molecular weight is 325 g/mol. The largest absolute Gasteiger partial charge is 0.0683 e. The average Bonchev–Trinajstić information content (AvgIpc) is 2.64. The minimum atomic E-state index is 1.11. The van der Waals surface area contributed by atoms with E-state index >= 15 is 0 Å². The van der Waals surface area contributed by atoms with Gasteiger partial charge in [-0.3, -0.25) is 0 Å². The molecule has 2 aromatic carbocycles. The number of hydrogen-bond acceptors (Lipinski definition) is 0. The molecule has 2 rings (SSSR count). The van der Waals surface area contributed by atoms with Gasteiger partial charge in [0.15, 0.2) is 0 Å². The summed E-state index contributed by atoms with van der Waals surface area (Å²) in [6.45, 7) is 14.9. The molecule has 24 heavy (non-hydrogen) atoms. The summed E-state index contributed by atoms with van der Waals surface area (Å²) in [6.07, 6.45) is 3.46. The van der Waals surface area contributed by atoms with E-state index in [4.69, 9.17) is 0 Å². The van der Waals surface area contributed by atoms with Crippen LogP contribution >= 0.6 is 0 Å². The predicted molar refractivity (Wildman–Crippen MR) is 112 cm³/mol. The van der Waals surface area contributed by atoms with Gasteiger partial charge in [-0.25, -0.2) is 0 Å². The predicted octanol–water partition coefficient (Wildman–Crippen LogP) is 8.06. The molecule has 0 amide bonds. The number of allylic oxidation sites excluding steroid dienone is 1. The minimum absolute atomic E-state index is 1.11. The molecule has 0 unspecified atom stereocenters. The fraction of sp³-hybridized carbons (Fsp3) is 0.417. The van der Waals surface area contributed by atoms with Gasteiger partial charge in [0.1, 0.15) is 0 Å². The lowest BCUT2D eigenvalue weighted by Gasteiger charge is -2.14. The summed E-state index contributed by atoms with van der Waals surface area (Å²) in [5.41, 5.74) is 6.90. The van der Waals surface area contributed by atoms with Gasteiger partial charge in [-0.1, -0.05) is 114 Å². The van der Waals surface area contributed by atoms with Crippen molar-refractivity contribution in [3.63, 3.8) is 0 Å². The lowest BCUT2D eigenvalue weighted by molar-refractivity contribution is 0.981. The van der Waals surface area contributed by atoms with E-state index in [2.05, 4.69) is 89.2 Å². The Morgan fingerprint density at radius 1 is 0.667 bits per heavy atom. The second-order valence-corrected chi connectivity index (χ2v) is 5.62. The van der Waals surface area contributed by atoms with Gasteiger partial charge in [-0.15, -0.1) is 0 Å². The highest BCUT2D eigenvalue weighted by atomic mass is 14.1. The first-order valence-corrected chi connectivity index (χ1v) is 9.52. The van der Waals surface area contributed by atoms with Crippen LogP contribution in [0.25, 0.3) is 5.57 Å². The van der Waals surface area contributed by atoms with E-state index < -0.39 is 0 Å². The van der Waals surface area contributed by atoms with Gasteiger partial charge < -0.3 is 0 Å². The third kappa shape index (κ3) is 7.17. The maximum absolute atomic E-state index is 2.25. The Kier molecular flexibility index (Phi) is 12.6. The van der Waals surface area contributed by atoms with E-state index in [1.165, 1.54) is 34.3 Å². The summed E-state index contributed by atoms with van der Waals surface area (Å²) < 4.78 is 0. The SMILES string of the molecule is CC.CCC.CCC(CC)=C(c1ccccc1)c1ccc(C)cc1. The molecule has 0 aromatic heterocycles. The Labute approximate surface area is 150 Å². The van der Waals surface area contributed by atoms with Crippen LogP contribution < -0.4 is 0 Å². The van der Waals surface area contributed by atoms with Gasteiger partial charge in [0, 0.05) is 0 Å². The highest BCUT2D eigenvalue weighted by Gasteiger charge is 2.09. The first-order chi connectivity index (χ1) is 11.7. The van der Waals surface area contributed by atoms with Crippen molar-refractivity contribution in [1.29, 1.82) is 0 Å². The lowest BCUT2D eigenvalue weighted by atomic mass is 9.90. The maximum Gasteiger partial charge on any atom is -0.0120 e. The van der Waals surface area contributed by atoms with Crippen LogP contribution in [0.2, 0.25) is 0 Å². The molecule has 0 bridgehead atoms. The number of hydrogen-bond donors (Lipinski definition) is 0. The van der Waals surface area contributed by atoms with Crippen LogP contribution in [-0.2, 0) is 0 Å². The molecule has 0 nitrogen and oxygen atoms in total. The molecule has 2 aromatic rings. The molecule has 0 aliphatic carbocycles. The van der Waals surface area contributed by atoms with Crippen LogP contribution in [0.4, 0.5) is 0 Å². The third-order valence-corrected chi connectivity index (χ3v) is 3.61. The van der Waals surface area contributed by atoms with Crippen LogP contribution in [0.3, 0.4) is 0 Å². The second kappa shape index (κ2) is 13.6. The molecule has 0 N–H and O–H groups in total. The molecule has 0 spiro atoms. The van der Waals surface area contributed by atoms with Gasteiger partial charge in [-0.05, 0) is 36.5 Å². The summed E-state index contributed by atoms with van der Waals surface area (Å²) in [6, 6.07) is 19.6. The van der Waals surface area contributed by atoms with E-state index in [1.807, 2.05) is 13.8 Å². The van der Waals surface area contributed by atoms with Gasteiger partial charge in [0.2, 0.25) is 0 Å². The Morgan fingerprint density at radius 3 is 1.50 bits per heavy atom. The van der Waals surface area contributed by atoms with E-state index in [0.717, 1.165) is 12.8 Å². The monoisotopic (exact) mass is 324 g/mol. The van der Waals surface area contributed by atoms with Gasteiger partial charge in [0.05, 0.1) is 0 Å². The van der Waals surface area contributed by atoms with Crippen molar-refractivity contribution in [2.45, 2.75) is 67.7 Å². The summed E-state index contributed by atoms with van der Waals surface area (Å²) in [5.74, 6) is 0. The van der Waals surface area contributed by atoms with Crippen molar-refractivity contribution in [3.05, 3.63) is 76.9 Å². The fourth-order valence-electron chi connectivity index (χ4n) is 2.50. The first kappa shape index (κ1) is 22.2. The van der Waals surface area contributed by atoms with Crippen LogP contribution in [0.1, 0.15) is 77.5 Å². The summed E-state index contributed by atoms with van der Waals surface area (Å²) >= 11 is 0. The normalized spacial score (nSPS) is 9.12. The summed E-state index contributed by atoms with van der Waals surface area (Å²) in [7, 11) is 0. The molecule has 0 fully saturated rings. The molecule has 0 saturated carbocycles. The van der Waals surface area contributed by atoms with Crippen molar-refractivity contribution in [1.82, 2.24) is 0 Å². The quantitative estimate of drug-likeness (QED) is 0.533. The molecule has 0 heteroatoms. The number of rotatable bonds is 4. The second-order valence-electron chi connectivity index (χ2n) is 5.62. The van der Waals surface area contributed by atoms with Gasteiger partial charge >= 0.3 is 0 Å². The van der Waals surface area contributed by atoms with E-state index in [-0.39, 0.29) is 0 Å². The Balaban J connectivity index is 0.000000952. The van der Waals surface area contributed by atoms with Crippen molar-refractivity contribution < 1.29 is 0 Å². The van der Waals surface area contributed by atoms with Crippen molar-refractivity contribution in [2.24, 2.45) is 0 Å². The standard InChI is InChI=1S/C19H22.C3H8.C2H6/c1-4-16(5-2)19(17-9-7-6-8-10-17)18-13-11-15(3)12-14-18;1-3-2;1-2/h6-14H,4-5H2,1-3H3;3H2,1-2H3;1-2H3. The third-order valence-electron chi connectivity index (χ3n) is 3.61. The molecule has 0 aliphatic rings. The van der Waals surface area contributed by atoms with Gasteiger partial charge in [0.25, 0.3) is 0 Å². The highest BCUT2D eigenvalue weighted by Crippen LogP contribution is 2.30. The van der Waals surface area contributed by atoms with Crippen LogP contribution in [0, 0.1) is 6.92 Å². The molecule has 132 valence electrons. The van der Waals surface area contributed by atoms with Crippen molar-refractivity contribution >= 4 is 5.57 Å². The molecular formula is C24H36. The number of benzene rings is 2. The molecule has 0 heterocycles. The Hall–Kier alpha value is -1.82. The highest BCUT2D eigenvalue weighted by molar-refractivity contribution is 5.82. The van der Waals surface area contributed by atoms with Crippen LogP contribution in [0.15, 0.2) is 60.2 Å². The first-order valence-electron chi connectivity index (χ1n) is 9.52. The zero-order chi connectivity index (χ0) is 18.4. The van der Waals surface area contributed by atoms with Crippen LogP contribution in [0.5, 0.6) is 0 Å². The minimum Gasteiger partial charge on any atom is -0.0683 e. The molecule has 0 saturated heterocycles. The molecular weight excluding hydrogens is 288 g/mol. The number of aryl methyl sites for hydroxylation is 1. The van der Waals surface area contributed by atoms with E-state index in [9.17, 15) is 0 Å². The lowest BCUT2D eigenvalue weighted by Crippen LogP contribution is -1.94. The Bertz CT molecular complexity index is 553. The smallest absolute Gasteiger partial charge is 0.0120 e. The molecule has 0 aliphatic heterocycles. The molecule has 0 atom stereocenters. The van der Waals surface area contributed by atoms with Gasteiger partial charge in [-0.2, -0.15) is 0 Å². The zero-order valence-electron chi connectivity index (χ0n) is 16.8. The van der Waals surface area contributed by atoms with E-state index in [0.29, 0.717) is 0 Å². The maximum atomic E-state index is 2.25. The van der Waals surface area contributed by atoms with Crippen molar-refractivity contribution in [3.8, 4) is 0 Å². The Morgan fingerprint density at radius 2 is 1.08 bits per heavy atom. The zero-order valence-corrected chi connectivity index (χ0v) is 16.8. The molecule has 0 radical (unpaired) electrons. The van der Waals surface area contributed by atoms with Crippen LogP contribution in [-0.4, -0.2) is 0 Å². The summed E-state index contributed by atoms with van der Waals surface area (Å²) in [5, 5.41) is 0. The summed E-state index contributed by atoms with van der Waals surface area (Å²) in [4.78, 5) is 0. The van der Waals surface area contributed by atoms with E-state index in [1.54, 1.807) is 0 Å².